The highest BCUT2D eigenvalue weighted by Gasteiger charge is 2.25. The van der Waals surface area contributed by atoms with E-state index >= 15 is 0 Å². The second-order valence-corrected chi connectivity index (χ2v) is 8.42. The Kier molecular flexibility index (Phi) is 8.25. The van der Waals surface area contributed by atoms with Crippen LogP contribution < -0.4 is 15.4 Å². The minimum atomic E-state index is -0.701. The molecule has 1 saturated carbocycles. The van der Waals surface area contributed by atoms with E-state index < -0.39 is 10.8 Å². The summed E-state index contributed by atoms with van der Waals surface area (Å²) >= 11 is 0. The van der Waals surface area contributed by atoms with Crippen molar-refractivity contribution in [3.05, 3.63) is 29.8 Å². The van der Waals surface area contributed by atoms with Crippen molar-refractivity contribution in [3.8, 4) is 5.75 Å². The number of benzene rings is 1. The SMILES string of the molecule is CCS(=O)C1CCCC(NC(=NC)NCCOc2ccccc2C)C1. The summed E-state index contributed by atoms with van der Waals surface area (Å²) in [5.74, 6) is 2.46. The van der Waals surface area contributed by atoms with Crippen LogP contribution in [-0.2, 0) is 10.8 Å². The van der Waals surface area contributed by atoms with Crippen molar-refractivity contribution in [1.82, 2.24) is 10.6 Å². The Bertz CT molecular complexity index is 592. The molecule has 3 atom stereocenters. The van der Waals surface area contributed by atoms with Crippen molar-refractivity contribution in [3.63, 3.8) is 0 Å². The minimum absolute atomic E-state index is 0.318. The Morgan fingerprint density at radius 1 is 1.36 bits per heavy atom. The van der Waals surface area contributed by atoms with Gasteiger partial charge in [0.05, 0.1) is 6.54 Å². The first-order valence-corrected chi connectivity index (χ1v) is 10.5. The van der Waals surface area contributed by atoms with Gasteiger partial charge in [0.25, 0.3) is 0 Å². The standard InChI is InChI=1S/C19H31N3O2S/c1-4-25(23)17-10-7-9-16(14-17)22-19(20-3)21-12-13-24-18-11-6-5-8-15(18)2/h5-6,8,11,16-17H,4,7,9-10,12-14H2,1-3H3,(H2,20,21,22). The maximum atomic E-state index is 12.1. The van der Waals surface area contributed by atoms with Crippen LogP contribution in [0.1, 0.15) is 38.2 Å². The molecule has 2 rings (SSSR count). The zero-order chi connectivity index (χ0) is 18.1. The lowest BCUT2D eigenvalue weighted by Gasteiger charge is -2.30. The number of nitrogens with zero attached hydrogens (tertiary/aromatic N) is 1. The van der Waals surface area contributed by atoms with Crippen molar-refractivity contribution in [2.45, 2.75) is 50.8 Å². The summed E-state index contributed by atoms with van der Waals surface area (Å²) < 4.78 is 17.9. The molecule has 3 unspecified atom stereocenters. The van der Waals surface area contributed by atoms with Gasteiger partial charge in [-0.2, -0.15) is 0 Å². The molecule has 0 bridgehead atoms. The third-order valence-corrected chi connectivity index (χ3v) is 6.33. The molecule has 0 heterocycles. The molecular formula is C19H31N3O2S. The number of nitrogens with one attached hydrogen (secondary N) is 2. The molecule has 0 saturated heterocycles. The van der Waals surface area contributed by atoms with E-state index in [1.807, 2.05) is 38.1 Å². The summed E-state index contributed by atoms with van der Waals surface area (Å²) in [7, 11) is 1.08. The molecule has 2 N–H and O–H groups in total. The fourth-order valence-electron chi connectivity index (χ4n) is 3.19. The Balaban J connectivity index is 1.73. The third kappa shape index (κ3) is 6.34. The molecule has 0 aromatic heterocycles. The van der Waals surface area contributed by atoms with Crippen molar-refractivity contribution in [2.24, 2.45) is 4.99 Å². The van der Waals surface area contributed by atoms with Gasteiger partial charge < -0.3 is 15.4 Å². The van der Waals surface area contributed by atoms with Crippen molar-refractivity contribution < 1.29 is 8.95 Å². The van der Waals surface area contributed by atoms with Crippen LogP contribution >= 0.6 is 0 Å². The van der Waals surface area contributed by atoms with Crippen LogP contribution in [0.5, 0.6) is 5.75 Å². The van der Waals surface area contributed by atoms with E-state index in [1.54, 1.807) is 7.05 Å². The second kappa shape index (κ2) is 10.4. The lowest BCUT2D eigenvalue weighted by Crippen LogP contribution is -2.47. The first kappa shape index (κ1) is 19.8. The fraction of sp³-hybridized carbons (Fsp3) is 0.632. The Morgan fingerprint density at radius 3 is 2.88 bits per heavy atom. The number of ether oxygens (including phenoxy) is 1. The van der Waals surface area contributed by atoms with Gasteiger partial charge >= 0.3 is 0 Å². The van der Waals surface area contributed by atoms with Gasteiger partial charge in [-0.1, -0.05) is 31.5 Å². The van der Waals surface area contributed by atoms with Crippen LogP contribution in [0.2, 0.25) is 0 Å². The van der Waals surface area contributed by atoms with Crippen molar-refractivity contribution in [1.29, 1.82) is 0 Å². The van der Waals surface area contributed by atoms with Crippen molar-refractivity contribution in [2.75, 3.05) is 26.0 Å². The van der Waals surface area contributed by atoms with Gasteiger partial charge in [0.2, 0.25) is 0 Å². The Morgan fingerprint density at radius 2 is 2.16 bits per heavy atom. The molecule has 1 aromatic rings. The van der Waals surface area contributed by atoms with Crippen LogP contribution in [0.15, 0.2) is 29.3 Å². The van der Waals surface area contributed by atoms with Gasteiger partial charge in [-0.25, -0.2) is 0 Å². The summed E-state index contributed by atoms with van der Waals surface area (Å²) in [6, 6.07) is 8.37. The van der Waals surface area contributed by atoms with Crippen LogP contribution in [-0.4, -0.2) is 47.4 Å². The Hall–Kier alpha value is -1.56. The average molecular weight is 366 g/mol. The normalized spacial score (nSPS) is 22.3. The van der Waals surface area contributed by atoms with E-state index in [9.17, 15) is 4.21 Å². The number of aryl methyl sites for hydroxylation is 1. The average Bonchev–Trinajstić information content (AvgIpc) is 2.65. The summed E-state index contributed by atoms with van der Waals surface area (Å²) in [5, 5.41) is 7.09. The number of aliphatic imine (C=N–C) groups is 1. The predicted molar refractivity (Wildman–Crippen MR) is 106 cm³/mol. The monoisotopic (exact) mass is 365 g/mol. The van der Waals surface area contributed by atoms with Crippen LogP contribution in [0, 0.1) is 6.92 Å². The molecule has 0 spiro atoms. The molecule has 1 aliphatic carbocycles. The number of hydrogen-bond donors (Lipinski definition) is 2. The summed E-state index contributed by atoms with van der Waals surface area (Å²) in [4.78, 5) is 4.30. The van der Waals surface area contributed by atoms with E-state index in [4.69, 9.17) is 4.74 Å². The molecule has 0 radical (unpaired) electrons. The van der Waals surface area contributed by atoms with E-state index in [1.165, 1.54) is 0 Å². The highest BCUT2D eigenvalue weighted by atomic mass is 32.2. The van der Waals surface area contributed by atoms with E-state index in [2.05, 4.69) is 15.6 Å². The molecule has 140 valence electrons. The zero-order valence-corrected chi connectivity index (χ0v) is 16.4. The molecule has 25 heavy (non-hydrogen) atoms. The topological polar surface area (TPSA) is 62.7 Å². The lowest BCUT2D eigenvalue weighted by molar-refractivity contribution is 0.319. The summed E-state index contributed by atoms with van der Waals surface area (Å²) in [6.07, 6.45) is 4.27. The highest BCUT2D eigenvalue weighted by molar-refractivity contribution is 7.85. The van der Waals surface area contributed by atoms with Crippen molar-refractivity contribution >= 4 is 16.8 Å². The maximum Gasteiger partial charge on any atom is 0.191 e. The van der Waals surface area contributed by atoms with Gasteiger partial charge in [0, 0.05) is 34.9 Å². The number of guanidine groups is 1. The number of hydrogen-bond acceptors (Lipinski definition) is 3. The van der Waals surface area contributed by atoms with Gasteiger partial charge in [-0.05, 0) is 37.8 Å². The van der Waals surface area contributed by atoms with E-state index in [0.717, 1.165) is 48.7 Å². The van der Waals surface area contributed by atoms with Gasteiger partial charge in [0.1, 0.15) is 12.4 Å². The predicted octanol–water partition coefficient (Wildman–Crippen LogP) is 2.62. The van der Waals surface area contributed by atoms with Crippen LogP contribution in [0.4, 0.5) is 0 Å². The van der Waals surface area contributed by atoms with Gasteiger partial charge in [-0.3, -0.25) is 9.20 Å². The van der Waals surface area contributed by atoms with E-state index in [0.29, 0.717) is 24.4 Å². The zero-order valence-electron chi connectivity index (χ0n) is 15.6. The molecule has 1 aromatic carbocycles. The largest absolute Gasteiger partial charge is 0.491 e. The van der Waals surface area contributed by atoms with Crippen LogP contribution in [0.3, 0.4) is 0 Å². The third-order valence-electron chi connectivity index (χ3n) is 4.59. The lowest BCUT2D eigenvalue weighted by atomic mass is 9.95. The first-order chi connectivity index (χ1) is 12.1. The minimum Gasteiger partial charge on any atom is -0.491 e. The Labute approximate surface area is 154 Å². The molecular weight excluding hydrogens is 334 g/mol. The van der Waals surface area contributed by atoms with E-state index in [-0.39, 0.29) is 0 Å². The maximum absolute atomic E-state index is 12.1. The molecule has 1 fully saturated rings. The fourth-order valence-corrected chi connectivity index (χ4v) is 4.54. The number of para-hydroxylation sites is 1. The summed E-state index contributed by atoms with van der Waals surface area (Å²) in [5.41, 5.74) is 1.14. The molecule has 0 amide bonds. The molecule has 5 nitrogen and oxygen atoms in total. The van der Waals surface area contributed by atoms with Gasteiger partial charge in [0.15, 0.2) is 5.96 Å². The number of rotatable bonds is 7. The molecule has 6 heteroatoms. The first-order valence-electron chi connectivity index (χ1n) is 9.16. The molecule has 1 aliphatic rings. The smallest absolute Gasteiger partial charge is 0.191 e. The molecule has 0 aliphatic heterocycles. The highest BCUT2D eigenvalue weighted by Crippen LogP contribution is 2.23. The van der Waals surface area contributed by atoms with Gasteiger partial charge in [-0.15, -0.1) is 0 Å². The second-order valence-electron chi connectivity index (χ2n) is 6.41. The van der Waals surface area contributed by atoms with Crippen LogP contribution in [0.25, 0.3) is 0 Å². The quantitative estimate of drug-likeness (QED) is 0.443. The summed E-state index contributed by atoms with van der Waals surface area (Å²) in [6.45, 7) is 5.31.